The highest BCUT2D eigenvalue weighted by molar-refractivity contribution is 14.1. The third-order valence-corrected chi connectivity index (χ3v) is 8.07. The molecule has 0 amide bonds. The summed E-state index contributed by atoms with van der Waals surface area (Å²) in [5, 5.41) is 0. The first-order valence-corrected chi connectivity index (χ1v) is 14.8. The fraction of sp³-hybridized carbons (Fsp3) is 0.189. The number of hydrogen-bond acceptors (Lipinski definition) is 3. The molecule has 0 N–H and O–H groups in total. The first-order valence-electron chi connectivity index (χ1n) is 13.8. The van der Waals surface area contributed by atoms with E-state index in [0.29, 0.717) is 0 Å². The molecular weight excluding hydrogens is 619 g/mol. The van der Waals surface area contributed by atoms with Crippen molar-refractivity contribution in [2.75, 3.05) is 7.11 Å². The van der Waals surface area contributed by atoms with Crippen molar-refractivity contribution in [2.45, 2.75) is 40.5 Å². The summed E-state index contributed by atoms with van der Waals surface area (Å²) in [6.45, 7) is 10.6. The molecule has 3 nitrogen and oxygen atoms in total. The van der Waals surface area contributed by atoms with Crippen molar-refractivity contribution < 1.29 is 14.2 Å². The van der Waals surface area contributed by atoms with Crippen LogP contribution in [0.3, 0.4) is 0 Å². The predicted molar refractivity (Wildman–Crippen MR) is 176 cm³/mol. The SMILES string of the molecule is COc1ccc(Oc2c(C)cc(C(c3ccc(I)cc3)c3cc(C)c(Oc4ccc(C)cc4)c(C)c3)cc2C)cc1. The van der Waals surface area contributed by atoms with Gasteiger partial charge in [-0.25, -0.2) is 0 Å². The number of ether oxygens (including phenoxy) is 3. The van der Waals surface area contributed by atoms with E-state index >= 15 is 0 Å². The second-order valence-corrected chi connectivity index (χ2v) is 11.9. The molecule has 208 valence electrons. The van der Waals surface area contributed by atoms with Gasteiger partial charge < -0.3 is 14.2 Å². The van der Waals surface area contributed by atoms with E-state index in [4.69, 9.17) is 14.2 Å². The van der Waals surface area contributed by atoms with Crippen molar-refractivity contribution in [1.82, 2.24) is 0 Å². The average molecular weight is 655 g/mol. The molecule has 0 aromatic heterocycles. The van der Waals surface area contributed by atoms with Gasteiger partial charge in [0.25, 0.3) is 0 Å². The molecule has 5 aromatic rings. The van der Waals surface area contributed by atoms with E-state index in [1.807, 2.05) is 36.4 Å². The van der Waals surface area contributed by atoms with Crippen LogP contribution in [-0.2, 0) is 0 Å². The second kappa shape index (κ2) is 12.4. The Morgan fingerprint density at radius 3 is 1.29 bits per heavy atom. The van der Waals surface area contributed by atoms with E-state index in [2.05, 4.69) is 118 Å². The summed E-state index contributed by atoms with van der Waals surface area (Å²) >= 11 is 2.37. The van der Waals surface area contributed by atoms with Gasteiger partial charge in [0.05, 0.1) is 7.11 Å². The zero-order valence-electron chi connectivity index (χ0n) is 24.4. The van der Waals surface area contributed by atoms with Crippen LogP contribution < -0.4 is 14.2 Å². The molecule has 0 aliphatic carbocycles. The molecule has 0 bridgehead atoms. The van der Waals surface area contributed by atoms with E-state index in [0.717, 1.165) is 51.0 Å². The maximum atomic E-state index is 6.36. The lowest BCUT2D eigenvalue weighted by atomic mass is 9.82. The molecule has 1 atom stereocenters. The Labute approximate surface area is 257 Å². The lowest BCUT2D eigenvalue weighted by molar-refractivity contribution is 0.412. The van der Waals surface area contributed by atoms with Crippen LogP contribution >= 0.6 is 22.6 Å². The smallest absolute Gasteiger partial charge is 0.133 e. The van der Waals surface area contributed by atoms with Gasteiger partial charge in [-0.3, -0.25) is 0 Å². The number of halogens is 1. The van der Waals surface area contributed by atoms with Crippen LogP contribution in [0.5, 0.6) is 28.7 Å². The maximum Gasteiger partial charge on any atom is 0.133 e. The summed E-state index contributed by atoms with van der Waals surface area (Å²) in [6.07, 6.45) is 0. The Kier molecular flexibility index (Phi) is 8.69. The van der Waals surface area contributed by atoms with Crippen LogP contribution in [0.15, 0.2) is 97.1 Å². The minimum atomic E-state index is 0.0604. The lowest BCUT2D eigenvalue weighted by Gasteiger charge is -2.24. The van der Waals surface area contributed by atoms with E-state index in [9.17, 15) is 0 Å². The van der Waals surface area contributed by atoms with Crippen LogP contribution in [-0.4, -0.2) is 7.11 Å². The summed E-state index contributed by atoms with van der Waals surface area (Å²) in [7, 11) is 1.67. The Morgan fingerprint density at radius 1 is 0.488 bits per heavy atom. The van der Waals surface area contributed by atoms with Crippen molar-refractivity contribution in [3.05, 3.63) is 145 Å². The zero-order valence-corrected chi connectivity index (χ0v) is 26.6. The summed E-state index contributed by atoms with van der Waals surface area (Å²) in [5.74, 6) is 4.30. The highest BCUT2D eigenvalue weighted by Crippen LogP contribution is 2.40. The van der Waals surface area contributed by atoms with E-state index in [1.54, 1.807) is 7.11 Å². The predicted octanol–water partition coefficient (Wildman–Crippen LogP) is 10.6. The molecule has 0 heterocycles. The first-order chi connectivity index (χ1) is 19.7. The lowest BCUT2D eigenvalue weighted by Crippen LogP contribution is -2.07. The van der Waals surface area contributed by atoms with Crippen molar-refractivity contribution in [2.24, 2.45) is 0 Å². The second-order valence-electron chi connectivity index (χ2n) is 10.6. The Bertz CT molecular complexity index is 1610. The molecule has 1 unspecified atom stereocenters. The highest BCUT2D eigenvalue weighted by atomic mass is 127. The van der Waals surface area contributed by atoms with Crippen LogP contribution in [0.1, 0.15) is 50.4 Å². The van der Waals surface area contributed by atoms with Gasteiger partial charge in [-0.15, -0.1) is 0 Å². The average Bonchev–Trinajstić information content (AvgIpc) is 2.95. The van der Waals surface area contributed by atoms with Crippen LogP contribution in [0, 0.1) is 38.2 Å². The van der Waals surface area contributed by atoms with Crippen LogP contribution in [0.25, 0.3) is 0 Å². The number of hydrogen-bond donors (Lipinski definition) is 0. The van der Waals surface area contributed by atoms with E-state index in [-0.39, 0.29) is 5.92 Å². The van der Waals surface area contributed by atoms with Gasteiger partial charge in [0.1, 0.15) is 28.7 Å². The molecule has 0 saturated heterocycles. The van der Waals surface area contributed by atoms with E-state index < -0.39 is 0 Å². The van der Waals surface area contributed by atoms with Gasteiger partial charge in [-0.05, 0) is 145 Å². The van der Waals surface area contributed by atoms with Crippen molar-refractivity contribution in [1.29, 1.82) is 0 Å². The summed E-state index contributed by atoms with van der Waals surface area (Å²) in [6, 6.07) is 33.8. The number of aryl methyl sites for hydroxylation is 5. The molecule has 5 rings (SSSR count). The first kappa shape index (κ1) is 28.7. The summed E-state index contributed by atoms with van der Waals surface area (Å²) < 4.78 is 19.2. The van der Waals surface area contributed by atoms with Crippen molar-refractivity contribution >= 4 is 22.6 Å². The van der Waals surface area contributed by atoms with Gasteiger partial charge in [-0.1, -0.05) is 54.1 Å². The van der Waals surface area contributed by atoms with Crippen LogP contribution in [0.2, 0.25) is 0 Å². The molecular formula is C37H35IO3. The summed E-state index contributed by atoms with van der Waals surface area (Å²) in [5.41, 5.74) is 9.35. The largest absolute Gasteiger partial charge is 0.497 e. The Balaban J connectivity index is 1.54. The van der Waals surface area contributed by atoms with Crippen LogP contribution in [0.4, 0.5) is 0 Å². The van der Waals surface area contributed by atoms with E-state index in [1.165, 1.54) is 25.8 Å². The van der Waals surface area contributed by atoms with Gasteiger partial charge in [0.2, 0.25) is 0 Å². The number of methoxy groups -OCH3 is 1. The maximum absolute atomic E-state index is 6.36. The highest BCUT2D eigenvalue weighted by Gasteiger charge is 2.22. The third-order valence-electron chi connectivity index (χ3n) is 7.36. The zero-order chi connectivity index (χ0) is 29.1. The molecule has 0 saturated carbocycles. The van der Waals surface area contributed by atoms with Gasteiger partial charge >= 0.3 is 0 Å². The molecule has 41 heavy (non-hydrogen) atoms. The Morgan fingerprint density at radius 2 is 0.878 bits per heavy atom. The molecule has 0 fully saturated rings. The normalized spacial score (nSPS) is 11.7. The minimum absolute atomic E-state index is 0.0604. The van der Waals surface area contributed by atoms with Gasteiger partial charge in [0.15, 0.2) is 0 Å². The Hall–Kier alpha value is -3.77. The quantitative estimate of drug-likeness (QED) is 0.123. The molecule has 4 heteroatoms. The number of benzene rings is 5. The topological polar surface area (TPSA) is 27.7 Å². The molecule has 0 spiro atoms. The van der Waals surface area contributed by atoms with Crippen molar-refractivity contribution in [3.8, 4) is 28.7 Å². The molecule has 0 aliphatic rings. The summed E-state index contributed by atoms with van der Waals surface area (Å²) in [4.78, 5) is 0. The third kappa shape index (κ3) is 6.59. The minimum Gasteiger partial charge on any atom is -0.497 e. The molecule has 0 radical (unpaired) electrons. The molecule has 0 aliphatic heterocycles. The number of rotatable bonds is 8. The fourth-order valence-corrected chi connectivity index (χ4v) is 5.70. The molecule has 5 aromatic carbocycles. The monoisotopic (exact) mass is 654 g/mol. The van der Waals surface area contributed by atoms with Gasteiger partial charge in [-0.2, -0.15) is 0 Å². The standard InChI is InChI=1S/C37H35IO3/c1-23-7-13-33(14-8-23)40-36-24(2)19-29(20-25(36)3)35(28-9-11-31(38)12-10-28)30-21-26(4)37(27(5)22-30)41-34-17-15-32(39-6)16-18-34/h7-22,35H,1-6H3. The van der Waals surface area contributed by atoms with Gasteiger partial charge in [0, 0.05) is 9.49 Å². The fourth-order valence-electron chi connectivity index (χ4n) is 5.34. The van der Waals surface area contributed by atoms with Crippen molar-refractivity contribution in [3.63, 3.8) is 0 Å².